The first-order valence-electron chi connectivity index (χ1n) is 7.55. The van der Waals surface area contributed by atoms with Gasteiger partial charge in [0.25, 0.3) is 0 Å². The molecule has 0 fully saturated rings. The van der Waals surface area contributed by atoms with Crippen molar-refractivity contribution in [3.8, 4) is 0 Å². The summed E-state index contributed by atoms with van der Waals surface area (Å²) in [5.74, 6) is 0. The van der Waals surface area contributed by atoms with E-state index in [0.29, 0.717) is 0 Å². The van der Waals surface area contributed by atoms with E-state index < -0.39 is 25.2 Å². The molecule has 0 amide bonds. The van der Waals surface area contributed by atoms with Crippen molar-refractivity contribution in [3.63, 3.8) is 0 Å². The van der Waals surface area contributed by atoms with Crippen LogP contribution in [0.4, 0.5) is 0 Å². The Morgan fingerprint density at radius 1 is 0.762 bits per heavy atom. The molecular weight excluding hydrogens is 308 g/mol. The summed E-state index contributed by atoms with van der Waals surface area (Å²) >= 11 is 0. The van der Waals surface area contributed by atoms with Gasteiger partial charge in [-0.05, 0) is 64.0 Å². The van der Waals surface area contributed by atoms with Crippen LogP contribution in [-0.2, 0) is 8.23 Å². The van der Waals surface area contributed by atoms with E-state index in [2.05, 4.69) is 88.8 Å². The van der Waals surface area contributed by atoms with Crippen molar-refractivity contribution in [1.82, 2.24) is 0 Å². The lowest BCUT2D eigenvalue weighted by Crippen LogP contribution is -2.51. The number of hydrogen-bond donors (Lipinski definition) is 0. The fraction of sp³-hybridized carbons (Fsp3) is 0.500. The average molecular weight is 339 g/mol. The van der Waals surface area contributed by atoms with Crippen molar-refractivity contribution in [2.45, 2.75) is 52.8 Å². The van der Waals surface area contributed by atoms with Crippen molar-refractivity contribution < 1.29 is 8.23 Å². The fourth-order valence-corrected chi connectivity index (χ4v) is 13.5. The summed E-state index contributed by atoms with van der Waals surface area (Å²) in [4.78, 5) is 0. The van der Waals surface area contributed by atoms with Gasteiger partial charge in [-0.2, -0.15) is 0 Å². The minimum absolute atomic E-state index is 1.21. The molecule has 0 atom stereocenters. The van der Waals surface area contributed by atoms with Crippen molar-refractivity contribution in [1.29, 1.82) is 0 Å². The summed E-state index contributed by atoms with van der Waals surface area (Å²) < 4.78 is 12.9. The topological polar surface area (TPSA) is 18.5 Å². The second kappa shape index (κ2) is 6.75. The highest BCUT2D eigenvalue weighted by Gasteiger charge is 2.38. The van der Waals surface area contributed by atoms with Crippen LogP contribution in [-0.4, -0.2) is 25.2 Å². The maximum absolute atomic E-state index is 6.45. The van der Waals surface area contributed by atoms with E-state index in [9.17, 15) is 0 Å². The van der Waals surface area contributed by atoms with Gasteiger partial charge in [0.1, 0.15) is 0 Å². The lowest BCUT2D eigenvalue weighted by molar-refractivity contribution is 0.403. The summed E-state index contributed by atoms with van der Waals surface area (Å²) in [6.07, 6.45) is 2.16. The molecule has 21 heavy (non-hydrogen) atoms. The Morgan fingerprint density at radius 3 is 1.57 bits per heavy atom. The second-order valence-electron chi connectivity index (χ2n) is 7.69. The van der Waals surface area contributed by atoms with Gasteiger partial charge < -0.3 is 8.23 Å². The zero-order valence-electron chi connectivity index (χ0n) is 14.8. The molecule has 0 saturated carbocycles. The molecule has 1 aromatic rings. The summed E-state index contributed by atoms with van der Waals surface area (Å²) in [5.41, 5.74) is 4.69. The van der Waals surface area contributed by atoms with E-state index in [1.54, 1.807) is 0 Å². The summed E-state index contributed by atoms with van der Waals surface area (Å²) in [5, 5.41) is 0. The number of aryl methyl sites for hydroxylation is 1. The SMILES string of the molecule is Cc1ccc(/C=C\[Si](C)(O[Si](C)(C)C)O[Si](C)(C)C)cc1. The molecule has 0 aliphatic rings. The second-order valence-corrected chi connectivity index (χ2v) is 20.1. The molecule has 0 aliphatic heterocycles. The van der Waals surface area contributed by atoms with Gasteiger partial charge >= 0.3 is 8.56 Å². The molecule has 0 radical (unpaired) electrons. The quantitative estimate of drug-likeness (QED) is 0.653. The molecule has 5 heteroatoms. The van der Waals surface area contributed by atoms with Crippen molar-refractivity contribution in [2.24, 2.45) is 0 Å². The Labute approximate surface area is 133 Å². The third-order valence-electron chi connectivity index (χ3n) is 2.67. The largest absolute Gasteiger partial charge is 0.434 e. The maximum atomic E-state index is 6.45. The molecule has 0 spiro atoms. The van der Waals surface area contributed by atoms with E-state index >= 15 is 0 Å². The van der Waals surface area contributed by atoms with Gasteiger partial charge in [-0.3, -0.25) is 0 Å². The number of benzene rings is 1. The zero-order chi connectivity index (χ0) is 16.3. The molecule has 118 valence electrons. The number of rotatable bonds is 6. The average Bonchev–Trinajstić information content (AvgIpc) is 2.23. The highest BCUT2D eigenvalue weighted by molar-refractivity contribution is 6.90. The summed E-state index contributed by atoms with van der Waals surface area (Å²) in [6, 6.07) is 8.56. The Balaban J connectivity index is 2.98. The Hall–Kier alpha value is -0.469. The normalized spacial score (nSPS) is 13.9. The standard InChI is InChI=1S/C16H30O2Si3/c1-15-9-11-16(12-10-15)13-14-21(8,17-19(2,3)4)18-20(5,6)7/h9-14H,1-8H3/b14-13-. The monoisotopic (exact) mass is 338 g/mol. The van der Waals surface area contributed by atoms with Gasteiger partial charge in [-0.15, -0.1) is 0 Å². The maximum Gasteiger partial charge on any atom is 0.341 e. The van der Waals surface area contributed by atoms with Crippen LogP contribution in [0.15, 0.2) is 30.0 Å². The number of hydrogen-bond acceptors (Lipinski definition) is 2. The molecule has 0 bridgehead atoms. The first kappa shape index (κ1) is 18.6. The Morgan fingerprint density at radius 2 is 1.19 bits per heavy atom. The van der Waals surface area contributed by atoms with Crippen LogP contribution < -0.4 is 0 Å². The highest BCUT2D eigenvalue weighted by atomic mass is 28.5. The van der Waals surface area contributed by atoms with Gasteiger partial charge in [0, 0.05) is 0 Å². The Kier molecular flexibility index (Phi) is 5.97. The molecule has 0 heterocycles. The van der Waals surface area contributed by atoms with Gasteiger partial charge in [-0.1, -0.05) is 35.9 Å². The lowest BCUT2D eigenvalue weighted by Gasteiger charge is -2.36. The van der Waals surface area contributed by atoms with Gasteiger partial charge in [-0.25, -0.2) is 0 Å². The summed E-state index contributed by atoms with van der Waals surface area (Å²) in [6.45, 7) is 17.6. The molecule has 1 rings (SSSR count). The van der Waals surface area contributed by atoms with Crippen LogP contribution in [0, 0.1) is 6.92 Å². The first-order chi connectivity index (χ1) is 9.39. The first-order valence-corrected chi connectivity index (χ1v) is 16.8. The molecule has 0 saturated heterocycles. The molecular formula is C16H30O2Si3. The minimum atomic E-state index is -2.27. The zero-order valence-corrected chi connectivity index (χ0v) is 17.8. The van der Waals surface area contributed by atoms with Crippen LogP contribution in [0.3, 0.4) is 0 Å². The smallest absolute Gasteiger partial charge is 0.341 e. The highest BCUT2D eigenvalue weighted by Crippen LogP contribution is 2.22. The molecule has 2 nitrogen and oxygen atoms in total. The van der Waals surface area contributed by atoms with Crippen LogP contribution >= 0.6 is 0 Å². The van der Waals surface area contributed by atoms with Gasteiger partial charge in [0.05, 0.1) is 0 Å². The lowest BCUT2D eigenvalue weighted by atomic mass is 10.2. The van der Waals surface area contributed by atoms with E-state index in [0.717, 1.165) is 0 Å². The van der Waals surface area contributed by atoms with Crippen LogP contribution in [0.2, 0.25) is 45.8 Å². The fourth-order valence-electron chi connectivity index (χ4n) is 2.23. The molecule has 1 aromatic carbocycles. The third kappa shape index (κ3) is 7.92. The molecule has 0 N–H and O–H groups in total. The predicted octanol–water partition coefficient (Wildman–Crippen LogP) is 5.32. The minimum Gasteiger partial charge on any atom is -0.434 e. The third-order valence-corrected chi connectivity index (χ3v) is 11.6. The van der Waals surface area contributed by atoms with E-state index in [-0.39, 0.29) is 0 Å². The molecule has 0 aromatic heterocycles. The van der Waals surface area contributed by atoms with Crippen molar-refractivity contribution in [2.75, 3.05) is 0 Å². The van der Waals surface area contributed by atoms with Gasteiger partial charge in [0.2, 0.25) is 0 Å². The van der Waals surface area contributed by atoms with Crippen molar-refractivity contribution >= 4 is 31.3 Å². The van der Waals surface area contributed by atoms with E-state index in [4.69, 9.17) is 8.23 Å². The van der Waals surface area contributed by atoms with Crippen molar-refractivity contribution in [3.05, 3.63) is 41.1 Å². The van der Waals surface area contributed by atoms with Crippen LogP contribution in [0.25, 0.3) is 6.08 Å². The predicted molar refractivity (Wildman–Crippen MR) is 101 cm³/mol. The molecule has 0 aliphatic carbocycles. The van der Waals surface area contributed by atoms with Crippen LogP contribution in [0.5, 0.6) is 0 Å². The van der Waals surface area contributed by atoms with E-state index in [1.165, 1.54) is 11.1 Å². The Bertz CT molecular complexity index is 466. The summed E-state index contributed by atoms with van der Waals surface area (Å²) in [7, 11) is -5.54. The van der Waals surface area contributed by atoms with Crippen LogP contribution in [0.1, 0.15) is 11.1 Å². The van der Waals surface area contributed by atoms with Gasteiger partial charge in [0.15, 0.2) is 16.6 Å². The molecule has 0 unspecified atom stereocenters. The van der Waals surface area contributed by atoms with E-state index in [1.807, 2.05) is 0 Å².